The standard InChI is InChI=1S/C19H18ClN3OS/c1-12-9-10-14(20)11-16(12)22-18(24)17-13(2)21-19(25-17)23(3)15-7-5-4-6-8-15/h4-11H,1-3H3,(H,22,24). The molecule has 6 heteroatoms. The van der Waals surface area contributed by atoms with Gasteiger partial charge < -0.3 is 10.2 Å². The molecule has 0 aliphatic rings. The van der Waals surface area contributed by atoms with Gasteiger partial charge in [0.2, 0.25) is 0 Å². The first kappa shape index (κ1) is 17.5. The summed E-state index contributed by atoms with van der Waals surface area (Å²) in [5.74, 6) is -0.173. The number of para-hydroxylation sites is 1. The van der Waals surface area contributed by atoms with E-state index in [-0.39, 0.29) is 5.91 Å². The van der Waals surface area contributed by atoms with Gasteiger partial charge in [-0.25, -0.2) is 4.98 Å². The van der Waals surface area contributed by atoms with Crippen molar-refractivity contribution in [2.24, 2.45) is 0 Å². The van der Waals surface area contributed by atoms with Gasteiger partial charge in [0.25, 0.3) is 5.91 Å². The number of halogens is 1. The maximum absolute atomic E-state index is 12.7. The van der Waals surface area contributed by atoms with E-state index in [1.165, 1.54) is 11.3 Å². The minimum absolute atomic E-state index is 0.173. The van der Waals surface area contributed by atoms with Gasteiger partial charge >= 0.3 is 0 Å². The molecule has 0 fully saturated rings. The zero-order chi connectivity index (χ0) is 18.0. The molecule has 0 bridgehead atoms. The van der Waals surface area contributed by atoms with Crippen LogP contribution in [0.5, 0.6) is 0 Å². The highest BCUT2D eigenvalue weighted by Crippen LogP contribution is 2.31. The molecule has 128 valence electrons. The van der Waals surface area contributed by atoms with Crippen LogP contribution in [0.15, 0.2) is 48.5 Å². The molecule has 2 aromatic carbocycles. The number of nitrogens with zero attached hydrogens (tertiary/aromatic N) is 2. The van der Waals surface area contributed by atoms with E-state index in [1.54, 1.807) is 12.1 Å². The third-order valence-electron chi connectivity index (χ3n) is 3.87. The smallest absolute Gasteiger partial charge is 0.267 e. The Morgan fingerprint density at radius 1 is 1.16 bits per heavy atom. The van der Waals surface area contributed by atoms with E-state index in [0.717, 1.165) is 16.4 Å². The third-order valence-corrected chi connectivity index (χ3v) is 5.34. The fourth-order valence-corrected chi connectivity index (χ4v) is 3.52. The number of benzene rings is 2. The Morgan fingerprint density at radius 2 is 1.88 bits per heavy atom. The highest BCUT2D eigenvalue weighted by Gasteiger charge is 2.18. The summed E-state index contributed by atoms with van der Waals surface area (Å²) < 4.78 is 0. The Labute approximate surface area is 156 Å². The molecule has 0 radical (unpaired) electrons. The van der Waals surface area contributed by atoms with Crippen molar-refractivity contribution in [3.63, 3.8) is 0 Å². The predicted octanol–water partition coefficient (Wildman–Crippen LogP) is 5.43. The molecule has 1 amide bonds. The molecule has 3 aromatic rings. The number of hydrogen-bond donors (Lipinski definition) is 1. The minimum atomic E-state index is -0.173. The molecule has 0 spiro atoms. The van der Waals surface area contributed by atoms with Gasteiger partial charge in [0.15, 0.2) is 5.13 Å². The summed E-state index contributed by atoms with van der Waals surface area (Å²) >= 11 is 7.39. The molecule has 25 heavy (non-hydrogen) atoms. The predicted molar refractivity (Wildman–Crippen MR) is 105 cm³/mol. The zero-order valence-electron chi connectivity index (χ0n) is 14.2. The molecular formula is C19H18ClN3OS. The minimum Gasteiger partial charge on any atom is -0.321 e. The second-order valence-corrected chi connectivity index (χ2v) is 7.13. The Bertz CT molecular complexity index is 908. The van der Waals surface area contributed by atoms with Crippen LogP contribution < -0.4 is 10.2 Å². The lowest BCUT2D eigenvalue weighted by Crippen LogP contribution is -2.12. The van der Waals surface area contributed by atoms with Crippen molar-refractivity contribution in [3.05, 3.63) is 69.7 Å². The number of carbonyl (C=O) groups is 1. The number of rotatable bonds is 4. The van der Waals surface area contributed by atoms with Crippen LogP contribution in [-0.2, 0) is 0 Å². The lowest BCUT2D eigenvalue weighted by Gasteiger charge is -2.15. The van der Waals surface area contributed by atoms with E-state index >= 15 is 0 Å². The van der Waals surface area contributed by atoms with E-state index in [9.17, 15) is 4.79 Å². The van der Waals surface area contributed by atoms with E-state index in [4.69, 9.17) is 11.6 Å². The van der Waals surface area contributed by atoms with Gasteiger partial charge in [-0.1, -0.05) is 47.2 Å². The normalized spacial score (nSPS) is 10.6. The summed E-state index contributed by atoms with van der Waals surface area (Å²) in [6, 6.07) is 15.4. The van der Waals surface area contributed by atoms with Crippen LogP contribution in [0.2, 0.25) is 5.02 Å². The van der Waals surface area contributed by atoms with Gasteiger partial charge in [-0.15, -0.1) is 0 Å². The van der Waals surface area contributed by atoms with Gasteiger partial charge in [0.1, 0.15) is 4.88 Å². The monoisotopic (exact) mass is 371 g/mol. The molecular weight excluding hydrogens is 354 g/mol. The number of carbonyl (C=O) groups excluding carboxylic acids is 1. The molecule has 0 unspecified atom stereocenters. The van der Waals surface area contributed by atoms with Crippen LogP contribution in [-0.4, -0.2) is 17.9 Å². The van der Waals surface area contributed by atoms with Crippen molar-refractivity contribution in [2.75, 3.05) is 17.3 Å². The molecule has 0 aliphatic carbocycles. The van der Waals surface area contributed by atoms with Gasteiger partial charge in [-0.2, -0.15) is 0 Å². The van der Waals surface area contributed by atoms with E-state index < -0.39 is 0 Å². The summed E-state index contributed by atoms with van der Waals surface area (Å²) in [6.07, 6.45) is 0. The molecule has 0 saturated heterocycles. The third kappa shape index (κ3) is 3.83. The van der Waals surface area contributed by atoms with Crippen molar-refractivity contribution in [1.29, 1.82) is 0 Å². The number of aromatic nitrogens is 1. The van der Waals surface area contributed by atoms with Crippen LogP contribution in [0.3, 0.4) is 0 Å². The number of thiazole rings is 1. The molecule has 4 nitrogen and oxygen atoms in total. The quantitative estimate of drug-likeness (QED) is 0.664. The number of anilines is 3. The molecule has 1 N–H and O–H groups in total. The van der Waals surface area contributed by atoms with Crippen LogP contribution in [0.25, 0.3) is 0 Å². The Balaban J connectivity index is 1.85. The second kappa shape index (κ2) is 7.25. The fraction of sp³-hybridized carbons (Fsp3) is 0.158. The summed E-state index contributed by atoms with van der Waals surface area (Å²) in [7, 11) is 1.94. The first-order valence-corrected chi connectivity index (χ1v) is 8.99. The van der Waals surface area contributed by atoms with E-state index in [2.05, 4.69) is 10.3 Å². The topological polar surface area (TPSA) is 45.2 Å². The number of amides is 1. The summed E-state index contributed by atoms with van der Waals surface area (Å²) in [5, 5.41) is 4.29. The largest absolute Gasteiger partial charge is 0.321 e. The molecule has 0 atom stereocenters. The van der Waals surface area contributed by atoms with Gasteiger partial charge in [0.05, 0.1) is 5.69 Å². The van der Waals surface area contributed by atoms with E-state index in [1.807, 2.05) is 62.2 Å². The highest BCUT2D eigenvalue weighted by molar-refractivity contribution is 7.17. The van der Waals surface area contributed by atoms with Crippen molar-refractivity contribution in [3.8, 4) is 0 Å². The summed E-state index contributed by atoms with van der Waals surface area (Å²) in [4.78, 5) is 19.8. The first-order chi connectivity index (χ1) is 12.0. The number of nitrogens with one attached hydrogen (secondary N) is 1. The zero-order valence-corrected chi connectivity index (χ0v) is 15.8. The Morgan fingerprint density at radius 3 is 2.60 bits per heavy atom. The van der Waals surface area contributed by atoms with Gasteiger partial charge in [-0.3, -0.25) is 4.79 Å². The molecule has 1 heterocycles. The maximum Gasteiger partial charge on any atom is 0.267 e. The molecule has 3 rings (SSSR count). The van der Waals surface area contributed by atoms with Crippen molar-refractivity contribution >= 4 is 45.4 Å². The van der Waals surface area contributed by atoms with Crippen molar-refractivity contribution in [1.82, 2.24) is 4.98 Å². The SMILES string of the molecule is Cc1ccc(Cl)cc1NC(=O)c1sc(N(C)c2ccccc2)nc1C. The fourth-order valence-electron chi connectivity index (χ4n) is 2.41. The molecule has 0 aliphatic heterocycles. The average Bonchev–Trinajstić information content (AvgIpc) is 3.00. The molecule has 0 saturated carbocycles. The second-order valence-electron chi connectivity index (χ2n) is 5.72. The maximum atomic E-state index is 12.7. The highest BCUT2D eigenvalue weighted by atomic mass is 35.5. The van der Waals surface area contributed by atoms with Crippen LogP contribution in [0.1, 0.15) is 20.9 Å². The van der Waals surface area contributed by atoms with Crippen LogP contribution in [0, 0.1) is 13.8 Å². The Kier molecular flexibility index (Phi) is 5.06. The lowest BCUT2D eigenvalue weighted by molar-refractivity contribution is 0.102. The van der Waals surface area contributed by atoms with Crippen molar-refractivity contribution < 1.29 is 4.79 Å². The number of hydrogen-bond acceptors (Lipinski definition) is 4. The van der Waals surface area contributed by atoms with Gasteiger partial charge in [0, 0.05) is 23.4 Å². The van der Waals surface area contributed by atoms with Crippen LogP contribution >= 0.6 is 22.9 Å². The van der Waals surface area contributed by atoms with Crippen LogP contribution in [0.4, 0.5) is 16.5 Å². The Hall–Kier alpha value is -2.37. The summed E-state index contributed by atoms with van der Waals surface area (Å²) in [5.41, 5.74) is 3.40. The number of aryl methyl sites for hydroxylation is 2. The first-order valence-electron chi connectivity index (χ1n) is 7.79. The molecule has 1 aromatic heterocycles. The lowest BCUT2D eigenvalue weighted by atomic mass is 10.2. The van der Waals surface area contributed by atoms with Gasteiger partial charge in [-0.05, 0) is 43.7 Å². The average molecular weight is 372 g/mol. The summed E-state index contributed by atoms with van der Waals surface area (Å²) in [6.45, 7) is 3.78. The van der Waals surface area contributed by atoms with E-state index in [0.29, 0.717) is 21.3 Å². The van der Waals surface area contributed by atoms with Crippen molar-refractivity contribution in [2.45, 2.75) is 13.8 Å².